The van der Waals surface area contributed by atoms with Crippen LogP contribution in [0.3, 0.4) is 0 Å². The Balaban J connectivity index is 2.97. The molecule has 0 radical (unpaired) electrons. The second-order valence-electron chi connectivity index (χ2n) is 2.41. The smallest absolute Gasteiger partial charge is 0.172 e. The summed E-state index contributed by atoms with van der Waals surface area (Å²) in [5.41, 5.74) is 1.39. The molecule has 0 amide bonds. The molecule has 4 heteroatoms. The lowest BCUT2D eigenvalue weighted by atomic mass is 10.2. The second-order valence-corrected chi connectivity index (χ2v) is 2.41. The highest BCUT2D eigenvalue weighted by molar-refractivity contribution is 5.73. The van der Waals surface area contributed by atoms with Gasteiger partial charge in [-0.2, -0.15) is 0 Å². The van der Waals surface area contributed by atoms with E-state index in [0.717, 1.165) is 24.8 Å². The Morgan fingerprint density at radius 1 is 1.64 bits per heavy atom. The lowest BCUT2D eigenvalue weighted by molar-refractivity contribution is 0.111. The van der Waals surface area contributed by atoms with Crippen molar-refractivity contribution in [3.8, 4) is 0 Å². The largest absolute Gasteiger partial charge is 0.296 e. The molecule has 0 saturated carbocycles. The molecule has 0 aliphatic rings. The fourth-order valence-electron chi connectivity index (χ4n) is 1.01. The highest BCUT2D eigenvalue weighted by Crippen LogP contribution is 2.03. The first-order valence-corrected chi connectivity index (χ1v) is 3.63. The van der Waals surface area contributed by atoms with Gasteiger partial charge >= 0.3 is 0 Å². The van der Waals surface area contributed by atoms with Gasteiger partial charge in [-0.1, -0.05) is 18.6 Å². The number of carbonyl (C=O) groups is 1. The third kappa shape index (κ3) is 1.45. The van der Waals surface area contributed by atoms with Gasteiger partial charge < -0.3 is 0 Å². The zero-order valence-corrected chi connectivity index (χ0v) is 6.74. The predicted octanol–water partition coefficient (Wildman–Crippen LogP) is 0.580. The van der Waals surface area contributed by atoms with Crippen LogP contribution in [-0.4, -0.2) is 21.3 Å². The molecule has 0 bridgehead atoms. The molecule has 1 rings (SSSR count). The molecule has 4 nitrogen and oxygen atoms in total. The van der Waals surface area contributed by atoms with Crippen molar-refractivity contribution in [2.45, 2.75) is 19.8 Å². The zero-order chi connectivity index (χ0) is 8.27. The molecule has 60 valence electrons. The van der Waals surface area contributed by atoms with Gasteiger partial charge in [-0.05, 0) is 6.42 Å². The molecule has 1 aromatic rings. The summed E-state index contributed by atoms with van der Waals surface area (Å²) in [6.07, 6.45) is 2.61. The van der Waals surface area contributed by atoms with Crippen molar-refractivity contribution >= 4 is 6.29 Å². The van der Waals surface area contributed by atoms with Gasteiger partial charge in [0.25, 0.3) is 0 Å². The monoisotopic (exact) mass is 153 g/mol. The number of nitrogens with zero attached hydrogens (tertiary/aromatic N) is 3. The van der Waals surface area contributed by atoms with Crippen LogP contribution < -0.4 is 0 Å². The standard InChI is InChI=1S/C7H11N3O/c1-3-4-7-6(5-11)8-9-10(7)2/h5H,3-4H2,1-2H3. The Morgan fingerprint density at radius 3 is 2.91 bits per heavy atom. The van der Waals surface area contributed by atoms with Crippen LogP contribution in [0.25, 0.3) is 0 Å². The van der Waals surface area contributed by atoms with E-state index in [0.29, 0.717) is 5.69 Å². The molecule has 0 aliphatic carbocycles. The molecule has 0 spiro atoms. The van der Waals surface area contributed by atoms with E-state index in [2.05, 4.69) is 17.2 Å². The zero-order valence-electron chi connectivity index (χ0n) is 6.74. The number of aldehydes is 1. The van der Waals surface area contributed by atoms with Gasteiger partial charge in [-0.15, -0.1) is 5.10 Å². The van der Waals surface area contributed by atoms with E-state index in [-0.39, 0.29) is 0 Å². The number of aromatic nitrogens is 3. The quantitative estimate of drug-likeness (QED) is 0.597. The van der Waals surface area contributed by atoms with Gasteiger partial charge in [0.2, 0.25) is 0 Å². The number of carbonyl (C=O) groups excluding carboxylic acids is 1. The summed E-state index contributed by atoms with van der Waals surface area (Å²) in [5, 5.41) is 7.44. The fourth-order valence-corrected chi connectivity index (χ4v) is 1.01. The molecule has 0 fully saturated rings. The molecule has 1 aromatic heterocycles. The Bertz CT molecular complexity index is 254. The molecule has 0 atom stereocenters. The van der Waals surface area contributed by atoms with Gasteiger partial charge in [-0.25, -0.2) is 0 Å². The summed E-state index contributed by atoms with van der Waals surface area (Å²) >= 11 is 0. The maximum Gasteiger partial charge on any atom is 0.172 e. The molecular weight excluding hydrogens is 142 g/mol. The van der Waals surface area contributed by atoms with Crippen molar-refractivity contribution in [3.05, 3.63) is 11.4 Å². The third-order valence-electron chi connectivity index (χ3n) is 1.57. The van der Waals surface area contributed by atoms with Crippen molar-refractivity contribution < 1.29 is 4.79 Å². The highest BCUT2D eigenvalue weighted by atomic mass is 16.1. The minimum atomic E-state index is 0.467. The first kappa shape index (κ1) is 7.91. The molecule has 0 unspecified atom stereocenters. The van der Waals surface area contributed by atoms with Crippen LogP contribution in [0.4, 0.5) is 0 Å². The molecule has 0 aliphatic heterocycles. The lowest BCUT2D eigenvalue weighted by Gasteiger charge is -1.96. The average Bonchev–Trinajstić information content (AvgIpc) is 2.34. The van der Waals surface area contributed by atoms with Crippen LogP contribution >= 0.6 is 0 Å². The van der Waals surface area contributed by atoms with Crippen molar-refractivity contribution in [1.82, 2.24) is 15.0 Å². The van der Waals surface area contributed by atoms with Gasteiger partial charge in [0, 0.05) is 7.05 Å². The third-order valence-corrected chi connectivity index (χ3v) is 1.57. The van der Waals surface area contributed by atoms with E-state index in [1.807, 2.05) is 0 Å². The second kappa shape index (κ2) is 3.27. The Kier molecular flexibility index (Phi) is 2.36. The van der Waals surface area contributed by atoms with Crippen molar-refractivity contribution in [1.29, 1.82) is 0 Å². The summed E-state index contributed by atoms with van der Waals surface area (Å²) in [5.74, 6) is 0. The minimum absolute atomic E-state index is 0.467. The number of hydrogen-bond donors (Lipinski definition) is 0. The minimum Gasteiger partial charge on any atom is -0.296 e. The van der Waals surface area contributed by atoms with E-state index >= 15 is 0 Å². The predicted molar refractivity (Wildman–Crippen MR) is 40.4 cm³/mol. The molecular formula is C7H11N3O. The van der Waals surface area contributed by atoms with Crippen molar-refractivity contribution in [2.75, 3.05) is 0 Å². The fraction of sp³-hybridized carbons (Fsp3) is 0.571. The van der Waals surface area contributed by atoms with Gasteiger partial charge in [-0.3, -0.25) is 9.48 Å². The summed E-state index contributed by atoms with van der Waals surface area (Å²) in [7, 11) is 1.80. The summed E-state index contributed by atoms with van der Waals surface area (Å²) < 4.78 is 1.65. The maximum absolute atomic E-state index is 10.4. The van der Waals surface area contributed by atoms with Crippen LogP contribution in [-0.2, 0) is 13.5 Å². The van der Waals surface area contributed by atoms with E-state index in [9.17, 15) is 4.79 Å². The summed E-state index contributed by atoms with van der Waals surface area (Å²) in [6, 6.07) is 0. The summed E-state index contributed by atoms with van der Waals surface area (Å²) in [6.45, 7) is 2.06. The first-order valence-electron chi connectivity index (χ1n) is 3.63. The van der Waals surface area contributed by atoms with Gasteiger partial charge in [0.05, 0.1) is 5.69 Å². The van der Waals surface area contributed by atoms with Crippen LogP contribution in [0.2, 0.25) is 0 Å². The van der Waals surface area contributed by atoms with E-state index in [1.165, 1.54) is 0 Å². The van der Waals surface area contributed by atoms with E-state index < -0.39 is 0 Å². The molecule has 0 aromatic carbocycles. The van der Waals surface area contributed by atoms with Crippen molar-refractivity contribution in [2.24, 2.45) is 7.05 Å². The van der Waals surface area contributed by atoms with E-state index in [4.69, 9.17) is 0 Å². The van der Waals surface area contributed by atoms with Crippen LogP contribution in [0.1, 0.15) is 29.5 Å². The average molecular weight is 153 g/mol. The topological polar surface area (TPSA) is 47.8 Å². The van der Waals surface area contributed by atoms with Crippen LogP contribution in [0, 0.1) is 0 Å². The Labute approximate surface area is 65.2 Å². The molecule has 0 N–H and O–H groups in total. The van der Waals surface area contributed by atoms with Gasteiger partial charge in [0.1, 0.15) is 5.69 Å². The SMILES string of the molecule is CCCc1c(C=O)nnn1C. The first-order chi connectivity index (χ1) is 5.29. The number of aryl methyl sites for hydroxylation is 1. The number of rotatable bonds is 3. The van der Waals surface area contributed by atoms with E-state index in [1.54, 1.807) is 11.7 Å². The lowest BCUT2D eigenvalue weighted by Crippen LogP contribution is -1.99. The summed E-state index contributed by atoms with van der Waals surface area (Å²) in [4.78, 5) is 10.4. The molecule has 1 heterocycles. The number of hydrogen-bond acceptors (Lipinski definition) is 3. The normalized spacial score (nSPS) is 10.0. The Morgan fingerprint density at radius 2 is 2.36 bits per heavy atom. The molecule has 0 saturated heterocycles. The molecule has 11 heavy (non-hydrogen) atoms. The van der Waals surface area contributed by atoms with Crippen LogP contribution in [0.15, 0.2) is 0 Å². The maximum atomic E-state index is 10.4. The van der Waals surface area contributed by atoms with Crippen molar-refractivity contribution in [3.63, 3.8) is 0 Å². The van der Waals surface area contributed by atoms with Crippen LogP contribution in [0.5, 0.6) is 0 Å². The Hall–Kier alpha value is -1.19. The highest BCUT2D eigenvalue weighted by Gasteiger charge is 2.06. The van der Waals surface area contributed by atoms with Gasteiger partial charge in [0.15, 0.2) is 6.29 Å².